The van der Waals surface area contributed by atoms with Crippen molar-refractivity contribution in [2.45, 2.75) is 56.1 Å². The fourth-order valence-corrected chi connectivity index (χ4v) is 3.45. The highest BCUT2D eigenvalue weighted by molar-refractivity contribution is 7.80. The second-order valence-electron chi connectivity index (χ2n) is 5.58. The van der Waals surface area contributed by atoms with E-state index in [9.17, 15) is 18.3 Å². The Kier molecular flexibility index (Phi) is 2.76. The third-order valence-corrected chi connectivity index (χ3v) is 4.13. The summed E-state index contributed by atoms with van der Waals surface area (Å²) < 4.78 is 50.8. The fraction of sp³-hybridized carbons (Fsp3) is 0.900. The van der Waals surface area contributed by atoms with Gasteiger partial charge in [0.1, 0.15) is 18.3 Å². The molecule has 0 unspecified atom stereocenters. The molecule has 0 aromatic carbocycles. The fourth-order valence-electron chi connectivity index (χ4n) is 2.96. The highest BCUT2D eigenvalue weighted by atomic mass is 32.3. The molecule has 0 spiro atoms. The number of hydrogen-bond acceptors (Lipinski definition) is 8. The summed E-state index contributed by atoms with van der Waals surface area (Å²) in [4.78, 5) is 11.8. The third kappa shape index (κ3) is 2.03. The molecule has 4 rings (SSSR count). The molecule has 9 nitrogen and oxygen atoms in total. The number of fused-ring (bicyclic) bond motifs is 2. The van der Waals surface area contributed by atoms with Gasteiger partial charge < -0.3 is 19.3 Å². The molecule has 3 aliphatic heterocycles. The predicted octanol–water partition coefficient (Wildman–Crippen LogP) is -1.25. The van der Waals surface area contributed by atoms with Crippen molar-refractivity contribution in [3.05, 3.63) is 0 Å². The van der Waals surface area contributed by atoms with E-state index in [0.29, 0.717) is 0 Å². The quantitative estimate of drug-likeness (QED) is 0.475. The second kappa shape index (κ2) is 3.90. The van der Waals surface area contributed by atoms with Gasteiger partial charge in [-0.25, -0.2) is 8.98 Å². The average Bonchev–Trinajstić information content (AvgIpc) is 2.57. The first kappa shape index (κ1) is 14.2. The maximum atomic E-state index is 11.8. The first-order valence-corrected chi connectivity index (χ1v) is 7.33. The zero-order valence-corrected chi connectivity index (χ0v) is 11.5. The molecule has 20 heavy (non-hydrogen) atoms. The van der Waals surface area contributed by atoms with Gasteiger partial charge in [-0.2, -0.15) is 8.42 Å². The molecule has 1 aliphatic carbocycles. The van der Waals surface area contributed by atoms with E-state index in [1.807, 2.05) is 0 Å². The summed E-state index contributed by atoms with van der Waals surface area (Å²) in [6.45, 7) is 3.19. The van der Waals surface area contributed by atoms with Gasteiger partial charge >= 0.3 is 16.4 Å². The monoisotopic (exact) mass is 310 g/mol. The number of carbonyl (C=O) groups excluding carboxylic acids is 1. The van der Waals surface area contributed by atoms with Gasteiger partial charge in [-0.1, -0.05) is 0 Å². The molecule has 0 aromatic rings. The predicted molar refractivity (Wildman–Crippen MR) is 59.7 cm³/mol. The molecule has 1 saturated carbocycles. The van der Waals surface area contributed by atoms with Crippen LogP contribution in [0, 0.1) is 0 Å². The van der Waals surface area contributed by atoms with Crippen molar-refractivity contribution in [1.82, 2.24) is 0 Å². The number of aliphatic hydroxyl groups is 1. The summed E-state index contributed by atoms with van der Waals surface area (Å²) in [6, 6.07) is 0. The van der Waals surface area contributed by atoms with Crippen LogP contribution in [0.4, 0.5) is 0 Å². The van der Waals surface area contributed by atoms with Crippen molar-refractivity contribution in [2.24, 2.45) is 0 Å². The summed E-state index contributed by atoms with van der Waals surface area (Å²) in [5.41, 5.74) is -2.07. The minimum Gasteiger partial charge on any atom is -0.454 e. The molecule has 4 aliphatic rings. The van der Waals surface area contributed by atoms with E-state index in [1.165, 1.54) is 0 Å². The van der Waals surface area contributed by atoms with E-state index in [4.69, 9.17) is 18.8 Å². The van der Waals surface area contributed by atoms with Crippen LogP contribution in [0.15, 0.2) is 0 Å². The largest absolute Gasteiger partial charge is 0.454 e. The Labute approximate surface area is 114 Å². The molecular formula is C10H14O9S. The zero-order chi connectivity index (χ0) is 14.9. The van der Waals surface area contributed by atoms with Crippen LogP contribution in [0.2, 0.25) is 0 Å². The number of carbonyl (C=O) groups is 1. The zero-order valence-electron chi connectivity index (χ0n) is 10.7. The lowest BCUT2D eigenvalue weighted by Gasteiger charge is -2.49. The van der Waals surface area contributed by atoms with Crippen molar-refractivity contribution < 1.29 is 41.3 Å². The number of hydrogen-bond donors (Lipinski definition) is 2. The summed E-state index contributed by atoms with van der Waals surface area (Å²) in [6.07, 6.45) is -4.51. The lowest BCUT2D eigenvalue weighted by atomic mass is 9.74. The van der Waals surface area contributed by atoms with Crippen LogP contribution in [-0.4, -0.2) is 59.9 Å². The molecule has 114 valence electrons. The van der Waals surface area contributed by atoms with E-state index >= 15 is 0 Å². The van der Waals surface area contributed by atoms with Crippen LogP contribution in [0.1, 0.15) is 20.3 Å². The normalized spacial score (nSPS) is 46.1. The minimum atomic E-state index is -4.75. The standard InChI is InChI=1S/C10H14O9S/c1-9(2)17-6-5-4(19-20(13,14)15)3-10(12,7(6)18-9)8(11)16-5/h4-7,12H,3H2,1-2H3,(H,13,14,15)/t4-,5-,6+,7+,10-/m1/s1. The van der Waals surface area contributed by atoms with Crippen LogP contribution < -0.4 is 0 Å². The van der Waals surface area contributed by atoms with E-state index < -0.39 is 52.2 Å². The van der Waals surface area contributed by atoms with Gasteiger partial charge in [0.2, 0.25) is 0 Å². The molecule has 2 bridgehead atoms. The Morgan fingerprint density at radius 1 is 1.30 bits per heavy atom. The summed E-state index contributed by atoms with van der Waals surface area (Å²) in [5, 5.41) is 10.4. The maximum absolute atomic E-state index is 11.8. The van der Waals surface area contributed by atoms with Crippen LogP contribution in [-0.2, 0) is 33.6 Å². The summed E-state index contributed by atoms with van der Waals surface area (Å²) in [7, 11) is -4.75. The lowest BCUT2D eigenvalue weighted by Crippen LogP contribution is -2.72. The molecule has 3 saturated heterocycles. The van der Waals surface area contributed by atoms with E-state index in [-0.39, 0.29) is 6.42 Å². The van der Waals surface area contributed by atoms with Crippen LogP contribution >= 0.6 is 0 Å². The first-order chi connectivity index (χ1) is 9.02. The molecule has 3 heterocycles. The van der Waals surface area contributed by atoms with Crippen molar-refractivity contribution >= 4 is 16.4 Å². The number of ether oxygens (including phenoxy) is 3. The molecule has 0 amide bonds. The second-order valence-corrected chi connectivity index (χ2v) is 6.63. The Morgan fingerprint density at radius 2 is 1.95 bits per heavy atom. The molecular weight excluding hydrogens is 296 g/mol. The SMILES string of the molecule is CC1(C)O[C@H]2[C@@H]3OC(=O)[C@@](O)(C[C@H]3OS(=O)(=O)O)[C@H]2O1. The van der Waals surface area contributed by atoms with Gasteiger partial charge in [-0.3, -0.25) is 4.55 Å². The van der Waals surface area contributed by atoms with Crippen molar-refractivity contribution in [1.29, 1.82) is 0 Å². The molecule has 5 atom stereocenters. The highest BCUT2D eigenvalue weighted by Gasteiger charge is 2.70. The van der Waals surface area contributed by atoms with Crippen molar-refractivity contribution in [2.75, 3.05) is 0 Å². The van der Waals surface area contributed by atoms with Crippen molar-refractivity contribution in [3.8, 4) is 0 Å². The molecule has 4 fully saturated rings. The lowest BCUT2D eigenvalue weighted by molar-refractivity contribution is -0.249. The molecule has 0 aromatic heterocycles. The summed E-state index contributed by atoms with van der Waals surface area (Å²) in [5.74, 6) is -1.97. The minimum absolute atomic E-state index is 0.364. The first-order valence-electron chi connectivity index (χ1n) is 5.97. The smallest absolute Gasteiger partial charge is 0.397 e. The molecule has 2 N–H and O–H groups in total. The van der Waals surface area contributed by atoms with E-state index in [0.717, 1.165) is 0 Å². The average molecular weight is 310 g/mol. The Balaban J connectivity index is 1.95. The van der Waals surface area contributed by atoms with Gasteiger partial charge in [0.25, 0.3) is 0 Å². The van der Waals surface area contributed by atoms with Gasteiger partial charge in [-0.15, -0.1) is 0 Å². The number of esters is 1. The molecule has 0 radical (unpaired) electrons. The molecule has 10 heteroatoms. The topological polar surface area (TPSA) is 129 Å². The number of rotatable bonds is 2. The van der Waals surface area contributed by atoms with Crippen LogP contribution in [0.3, 0.4) is 0 Å². The Morgan fingerprint density at radius 3 is 2.55 bits per heavy atom. The maximum Gasteiger partial charge on any atom is 0.397 e. The van der Waals surface area contributed by atoms with Gasteiger partial charge in [0.15, 0.2) is 17.5 Å². The van der Waals surface area contributed by atoms with E-state index in [1.54, 1.807) is 13.8 Å². The van der Waals surface area contributed by atoms with Gasteiger partial charge in [0, 0.05) is 6.42 Å². The van der Waals surface area contributed by atoms with Gasteiger partial charge in [-0.05, 0) is 13.8 Å². The highest BCUT2D eigenvalue weighted by Crippen LogP contribution is 2.48. The summed E-state index contributed by atoms with van der Waals surface area (Å²) >= 11 is 0. The van der Waals surface area contributed by atoms with Crippen molar-refractivity contribution in [3.63, 3.8) is 0 Å². The Bertz CT molecular complexity index is 555. The van der Waals surface area contributed by atoms with Crippen LogP contribution in [0.25, 0.3) is 0 Å². The van der Waals surface area contributed by atoms with E-state index in [2.05, 4.69) is 4.18 Å². The Hall–Kier alpha value is -0.780. The third-order valence-electron chi connectivity index (χ3n) is 3.64. The van der Waals surface area contributed by atoms with Gasteiger partial charge in [0.05, 0.1) is 0 Å². The van der Waals surface area contributed by atoms with Crippen LogP contribution in [0.5, 0.6) is 0 Å².